The van der Waals surface area contributed by atoms with Crippen molar-refractivity contribution in [2.45, 2.75) is 0 Å². The molecule has 6 nitrogen and oxygen atoms in total. The van der Waals surface area contributed by atoms with Crippen LogP contribution in [0.15, 0.2) is 42.0 Å². The van der Waals surface area contributed by atoms with Crippen LogP contribution in [0.25, 0.3) is 6.08 Å². The Balaban J connectivity index is 1.98. The highest BCUT2D eigenvalue weighted by atomic mass is 35.5. The maximum atomic E-state index is 12.7. The molecular formula is C16H8ClN2O4S2-. The summed E-state index contributed by atoms with van der Waals surface area (Å²) in [5.41, 5.74) is 0.193. The number of nitrogens with zero attached hydrogens (tertiary/aromatic N) is 1. The van der Waals surface area contributed by atoms with Crippen molar-refractivity contribution in [3.05, 3.63) is 56.7 Å². The first-order valence-electron chi connectivity index (χ1n) is 6.85. The number of amides is 2. The zero-order chi connectivity index (χ0) is 18.1. The van der Waals surface area contributed by atoms with Gasteiger partial charge in [0.25, 0.3) is 11.8 Å². The van der Waals surface area contributed by atoms with E-state index in [0.717, 1.165) is 4.90 Å². The Hall–Kier alpha value is -2.55. The lowest BCUT2D eigenvalue weighted by Gasteiger charge is -2.29. The van der Waals surface area contributed by atoms with Crippen LogP contribution in [0.3, 0.4) is 0 Å². The molecule has 0 unspecified atom stereocenters. The third kappa shape index (κ3) is 3.46. The average molecular weight is 392 g/mol. The molecule has 0 bridgehead atoms. The van der Waals surface area contributed by atoms with Gasteiger partial charge < -0.3 is 9.90 Å². The molecule has 3 rings (SSSR count). The summed E-state index contributed by atoms with van der Waals surface area (Å²) in [7, 11) is 0. The second kappa shape index (κ2) is 6.75. The number of hydrogen-bond donors (Lipinski definition) is 1. The van der Waals surface area contributed by atoms with Crippen LogP contribution in [0.5, 0.6) is 0 Å². The summed E-state index contributed by atoms with van der Waals surface area (Å²) in [4.78, 5) is 37.4. The number of hydrogen-bond acceptors (Lipinski definition) is 6. The smallest absolute Gasteiger partial charge is 0.270 e. The van der Waals surface area contributed by atoms with Crippen molar-refractivity contribution in [3.63, 3.8) is 0 Å². The zero-order valence-corrected chi connectivity index (χ0v) is 14.7. The van der Waals surface area contributed by atoms with Gasteiger partial charge >= 0.3 is 0 Å². The number of anilines is 1. The number of carbonyl (C=O) groups excluding carboxylic acids is 3. The molecule has 1 aliphatic heterocycles. The summed E-state index contributed by atoms with van der Waals surface area (Å²) < 4.78 is 0.528. The molecule has 0 radical (unpaired) electrons. The number of aromatic carboxylic acids is 1. The lowest BCUT2D eigenvalue weighted by atomic mass is 10.1. The van der Waals surface area contributed by atoms with E-state index < -0.39 is 17.8 Å². The van der Waals surface area contributed by atoms with Crippen LogP contribution in [0.4, 0.5) is 5.69 Å². The van der Waals surface area contributed by atoms with Crippen LogP contribution in [0.1, 0.15) is 15.2 Å². The molecule has 9 heteroatoms. The molecule has 1 aliphatic rings. The van der Waals surface area contributed by atoms with Gasteiger partial charge in [-0.15, -0.1) is 11.3 Å². The van der Waals surface area contributed by atoms with Crippen LogP contribution in [-0.4, -0.2) is 22.9 Å². The molecule has 0 spiro atoms. The minimum atomic E-state index is -1.33. The Bertz CT molecular complexity index is 934. The minimum Gasteiger partial charge on any atom is -0.545 e. The van der Waals surface area contributed by atoms with Crippen molar-refractivity contribution in [1.29, 1.82) is 0 Å². The highest BCUT2D eigenvalue weighted by molar-refractivity contribution is 7.80. The summed E-state index contributed by atoms with van der Waals surface area (Å²) in [6, 6.07) is 8.75. The normalized spacial score (nSPS) is 16.3. The predicted molar refractivity (Wildman–Crippen MR) is 96.3 cm³/mol. The molecule has 0 atom stereocenters. The fourth-order valence-corrected chi connectivity index (χ4v) is 3.47. The van der Waals surface area contributed by atoms with E-state index in [1.165, 1.54) is 41.7 Å². The van der Waals surface area contributed by atoms with Crippen molar-refractivity contribution in [1.82, 2.24) is 5.32 Å². The number of halogens is 1. The van der Waals surface area contributed by atoms with Gasteiger partial charge in [0.1, 0.15) is 5.57 Å². The van der Waals surface area contributed by atoms with Crippen LogP contribution >= 0.6 is 35.2 Å². The number of benzene rings is 1. The third-order valence-corrected chi connectivity index (χ3v) is 4.81. The maximum Gasteiger partial charge on any atom is 0.270 e. The first-order chi connectivity index (χ1) is 11.9. The molecule has 1 aromatic heterocycles. The van der Waals surface area contributed by atoms with Gasteiger partial charge in [0.05, 0.1) is 16.0 Å². The van der Waals surface area contributed by atoms with Gasteiger partial charge in [0, 0.05) is 4.88 Å². The molecule has 25 heavy (non-hydrogen) atoms. The van der Waals surface area contributed by atoms with Crippen molar-refractivity contribution in [2.75, 3.05) is 4.90 Å². The van der Waals surface area contributed by atoms with E-state index >= 15 is 0 Å². The van der Waals surface area contributed by atoms with Crippen LogP contribution in [0, 0.1) is 0 Å². The Morgan fingerprint density at radius 3 is 2.44 bits per heavy atom. The molecule has 2 amide bonds. The van der Waals surface area contributed by atoms with E-state index in [1.807, 2.05) is 0 Å². The Morgan fingerprint density at radius 1 is 1.20 bits per heavy atom. The van der Waals surface area contributed by atoms with Crippen molar-refractivity contribution >= 4 is 69.8 Å². The van der Waals surface area contributed by atoms with Crippen molar-refractivity contribution in [2.24, 2.45) is 0 Å². The Kier molecular flexibility index (Phi) is 4.67. The second-order valence-corrected chi connectivity index (χ2v) is 7.07. The summed E-state index contributed by atoms with van der Waals surface area (Å²) in [5, 5.41) is 13.2. The molecule has 0 aliphatic carbocycles. The molecule has 126 valence electrons. The summed E-state index contributed by atoms with van der Waals surface area (Å²) in [6.45, 7) is 0. The maximum absolute atomic E-state index is 12.7. The summed E-state index contributed by atoms with van der Waals surface area (Å²) in [6.07, 6.45) is 1.43. The molecular weight excluding hydrogens is 384 g/mol. The van der Waals surface area contributed by atoms with E-state index in [1.54, 1.807) is 12.1 Å². The molecule has 2 heterocycles. The minimum absolute atomic E-state index is 0.0350. The standard InChI is InChI=1S/C16H9ClN2O4S2/c17-12-6-5-10(25-12)7-11-13(20)18-16(24)19(14(11)21)9-3-1-8(2-4-9)15(22)23/h1-7H,(H,22,23)(H,18,20,24)/p-1/b11-7+. The quantitative estimate of drug-likeness (QED) is 0.487. The van der Waals surface area contributed by atoms with E-state index in [4.69, 9.17) is 23.8 Å². The van der Waals surface area contributed by atoms with Gasteiger partial charge in [0.2, 0.25) is 0 Å². The molecule has 1 saturated heterocycles. The van der Waals surface area contributed by atoms with Gasteiger partial charge in [-0.3, -0.25) is 19.8 Å². The first-order valence-corrected chi connectivity index (χ1v) is 8.45. The molecule has 1 fully saturated rings. The SMILES string of the molecule is O=C1NC(=S)N(c2ccc(C(=O)[O-])cc2)C(=O)/C1=C/c1ccc(Cl)s1. The van der Waals surface area contributed by atoms with E-state index in [-0.39, 0.29) is 16.2 Å². The number of thiophene rings is 1. The van der Waals surface area contributed by atoms with Crippen LogP contribution in [-0.2, 0) is 9.59 Å². The molecule has 1 N–H and O–H groups in total. The Morgan fingerprint density at radius 2 is 1.88 bits per heavy atom. The van der Waals surface area contributed by atoms with E-state index in [0.29, 0.717) is 14.9 Å². The highest BCUT2D eigenvalue weighted by Crippen LogP contribution is 2.26. The molecule has 1 aromatic carbocycles. The predicted octanol–water partition coefficient (Wildman–Crippen LogP) is 1.60. The van der Waals surface area contributed by atoms with Crippen molar-refractivity contribution in [3.8, 4) is 0 Å². The average Bonchev–Trinajstić information content (AvgIpc) is 2.97. The number of nitrogens with one attached hydrogen (secondary N) is 1. The fourth-order valence-electron chi connectivity index (χ4n) is 2.19. The number of rotatable bonds is 3. The van der Waals surface area contributed by atoms with Gasteiger partial charge in [0.15, 0.2) is 5.11 Å². The number of carbonyl (C=O) groups is 3. The zero-order valence-electron chi connectivity index (χ0n) is 12.3. The van der Waals surface area contributed by atoms with Crippen molar-refractivity contribution < 1.29 is 19.5 Å². The molecule has 0 saturated carbocycles. The van der Waals surface area contributed by atoms with E-state index in [9.17, 15) is 19.5 Å². The van der Waals surface area contributed by atoms with Gasteiger partial charge in [-0.05, 0) is 48.1 Å². The van der Waals surface area contributed by atoms with Crippen LogP contribution < -0.4 is 15.3 Å². The summed E-state index contributed by atoms with van der Waals surface area (Å²) in [5.74, 6) is -2.55. The second-order valence-electron chi connectivity index (χ2n) is 4.93. The third-order valence-electron chi connectivity index (χ3n) is 3.34. The highest BCUT2D eigenvalue weighted by Gasteiger charge is 2.34. The van der Waals surface area contributed by atoms with Gasteiger partial charge in [-0.1, -0.05) is 23.7 Å². The van der Waals surface area contributed by atoms with Gasteiger partial charge in [-0.25, -0.2) is 0 Å². The number of carboxylic acids is 1. The lowest BCUT2D eigenvalue weighted by Crippen LogP contribution is -2.54. The lowest BCUT2D eigenvalue weighted by molar-refractivity contribution is -0.255. The van der Waals surface area contributed by atoms with Gasteiger partial charge in [-0.2, -0.15) is 0 Å². The first kappa shape index (κ1) is 17.3. The van der Waals surface area contributed by atoms with Crippen LogP contribution in [0.2, 0.25) is 4.34 Å². The topological polar surface area (TPSA) is 89.5 Å². The largest absolute Gasteiger partial charge is 0.545 e. The Labute approximate surface area is 156 Å². The van der Waals surface area contributed by atoms with E-state index in [2.05, 4.69) is 5.32 Å². The fraction of sp³-hybridized carbons (Fsp3) is 0. The monoisotopic (exact) mass is 391 g/mol. The summed E-state index contributed by atoms with van der Waals surface area (Å²) >= 11 is 12.1. The molecule has 2 aromatic rings. The number of thiocarbonyl (C=S) groups is 1. The number of carboxylic acid groups (broad SMARTS) is 1.